The van der Waals surface area contributed by atoms with Crippen molar-refractivity contribution in [2.75, 3.05) is 0 Å². The van der Waals surface area contributed by atoms with Gasteiger partial charge in [0.2, 0.25) is 11.8 Å². The van der Waals surface area contributed by atoms with Gasteiger partial charge in [0.05, 0.1) is 6.10 Å². The average molecular weight is 329 g/mol. The quantitative estimate of drug-likeness (QED) is 0.751. The molecule has 1 heterocycles. The number of aryl methyl sites for hydroxylation is 2. The molecule has 0 spiro atoms. The average Bonchev–Trinajstić information content (AvgIpc) is 2.56. The molecule has 2 aromatic rings. The SMILES string of the molecule is Cc1cccc(C)c1Oc1ncccc1CNC(=O)[C@@H](N)[C@@H](C)O. The molecule has 0 saturated heterocycles. The van der Waals surface area contributed by atoms with Gasteiger partial charge in [0.25, 0.3) is 0 Å². The third kappa shape index (κ3) is 4.31. The highest BCUT2D eigenvalue weighted by atomic mass is 16.5. The summed E-state index contributed by atoms with van der Waals surface area (Å²) in [5.74, 6) is 0.761. The first-order valence-electron chi connectivity index (χ1n) is 7.79. The van der Waals surface area contributed by atoms with Crippen molar-refractivity contribution in [1.82, 2.24) is 10.3 Å². The number of hydrogen-bond acceptors (Lipinski definition) is 5. The molecule has 0 radical (unpaired) electrons. The van der Waals surface area contributed by atoms with Crippen molar-refractivity contribution in [3.8, 4) is 11.6 Å². The van der Waals surface area contributed by atoms with E-state index in [9.17, 15) is 9.90 Å². The summed E-state index contributed by atoms with van der Waals surface area (Å²) in [6.45, 7) is 5.62. The Hall–Kier alpha value is -2.44. The van der Waals surface area contributed by atoms with Crippen LogP contribution in [0.2, 0.25) is 0 Å². The van der Waals surface area contributed by atoms with Crippen molar-refractivity contribution >= 4 is 5.91 Å². The first kappa shape index (κ1) is 17.9. The smallest absolute Gasteiger partial charge is 0.239 e. The number of amides is 1. The summed E-state index contributed by atoms with van der Waals surface area (Å²) >= 11 is 0. The van der Waals surface area contributed by atoms with Crippen LogP contribution in [0.15, 0.2) is 36.5 Å². The van der Waals surface area contributed by atoms with Crippen LogP contribution in [0, 0.1) is 13.8 Å². The summed E-state index contributed by atoms with van der Waals surface area (Å²) in [5, 5.41) is 12.1. The molecule has 0 saturated carbocycles. The van der Waals surface area contributed by atoms with Crippen molar-refractivity contribution in [3.63, 3.8) is 0 Å². The molecule has 6 nitrogen and oxygen atoms in total. The molecule has 2 atom stereocenters. The van der Waals surface area contributed by atoms with Gasteiger partial charge in [-0.25, -0.2) is 4.98 Å². The first-order chi connectivity index (χ1) is 11.4. The van der Waals surface area contributed by atoms with Crippen molar-refractivity contribution in [2.45, 2.75) is 39.5 Å². The molecule has 6 heteroatoms. The normalized spacial score (nSPS) is 13.2. The van der Waals surface area contributed by atoms with Gasteiger partial charge in [-0.3, -0.25) is 4.79 Å². The van der Waals surface area contributed by atoms with Crippen molar-refractivity contribution in [2.24, 2.45) is 5.73 Å². The summed E-state index contributed by atoms with van der Waals surface area (Å²) in [6, 6.07) is 8.53. The lowest BCUT2D eigenvalue weighted by Crippen LogP contribution is -2.46. The van der Waals surface area contributed by atoms with Gasteiger partial charge in [-0.1, -0.05) is 24.3 Å². The largest absolute Gasteiger partial charge is 0.438 e. The third-order valence-electron chi connectivity index (χ3n) is 3.73. The number of nitrogens with two attached hydrogens (primary N) is 1. The highest BCUT2D eigenvalue weighted by Crippen LogP contribution is 2.29. The number of para-hydroxylation sites is 1. The molecular weight excluding hydrogens is 306 g/mol. The number of carbonyl (C=O) groups excluding carboxylic acids is 1. The second-order valence-electron chi connectivity index (χ2n) is 5.77. The van der Waals surface area contributed by atoms with E-state index in [-0.39, 0.29) is 6.54 Å². The minimum absolute atomic E-state index is 0.216. The maximum atomic E-state index is 11.9. The molecule has 0 aliphatic rings. The van der Waals surface area contributed by atoms with E-state index in [0.29, 0.717) is 5.88 Å². The van der Waals surface area contributed by atoms with Crippen molar-refractivity contribution < 1.29 is 14.6 Å². The van der Waals surface area contributed by atoms with Gasteiger partial charge in [0.1, 0.15) is 11.8 Å². The number of benzene rings is 1. The highest BCUT2D eigenvalue weighted by Gasteiger charge is 2.19. The molecular formula is C18H23N3O3. The fourth-order valence-electron chi connectivity index (χ4n) is 2.23. The van der Waals surface area contributed by atoms with E-state index in [1.165, 1.54) is 6.92 Å². The van der Waals surface area contributed by atoms with Crippen LogP contribution in [0.5, 0.6) is 11.6 Å². The molecule has 4 N–H and O–H groups in total. The molecule has 0 aliphatic heterocycles. The number of nitrogens with zero attached hydrogens (tertiary/aromatic N) is 1. The van der Waals surface area contributed by atoms with Crippen LogP contribution in [0.25, 0.3) is 0 Å². The third-order valence-corrected chi connectivity index (χ3v) is 3.73. The number of pyridine rings is 1. The predicted octanol–water partition coefficient (Wildman–Crippen LogP) is 1.82. The molecule has 0 bridgehead atoms. The molecule has 0 unspecified atom stereocenters. The van der Waals surface area contributed by atoms with E-state index in [1.54, 1.807) is 12.3 Å². The zero-order valence-corrected chi connectivity index (χ0v) is 14.1. The monoisotopic (exact) mass is 329 g/mol. The van der Waals surface area contributed by atoms with Crippen LogP contribution in [-0.4, -0.2) is 28.1 Å². The zero-order valence-electron chi connectivity index (χ0n) is 14.1. The van der Waals surface area contributed by atoms with E-state index < -0.39 is 18.1 Å². The second kappa shape index (κ2) is 7.90. The van der Waals surface area contributed by atoms with Gasteiger partial charge in [-0.05, 0) is 38.0 Å². The number of hydrogen-bond donors (Lipinski definition) is 3. The number of carbonyl (C=O) groups is 1. The predicted molar refractivity (Wildman–Crippen MR) is 91.7 cm³/mol. The van der Waals surface area contributed by atoms with Crippen LogP contribution < -0.4 is 15.8 Å². The number of aromatic nitrogens is 1. The van der Waals surface area contributed by atoms with E-state index in [4.69, 9.17) is 10.5 Å². The van der Waals surface area contributed by atoms with Gasteiger partial charge in [-0.2, -0.15) is 0 Å². The molecule has 0 aliphatic carbocycles. The Morgan fingerprint density at radius 2 is 1.96 bits per heavy atom. The van der Waals surface area contributed by atoms with Crippen LogP contribution in [0.3, 0.4) is 0 Å². The molecule has 1 aromatic carbocycles. The standard InChI is InChI=1S/C18H23N3O3/c1-11-6-4-7-12(2)16(11)24-18-14(8-5-9-20-18)10-21-17(23)15(19)13(3)22/h4-9,13,15,22H,10,19H2,1-3H3,(H,21,23)/t13-,15+/m1/s1. The summed E-state index contributed by atoms with van der Waals surface area (Å²) in [4.78, 5) is 16.1. The van der Waals surface area contributed by atoms with Crippen LogP contribution >= 0.6 is 0 Å². The van der Waals surface area contributed by atoms with E-state index in [2.05, 4.69) is 10.3 Å². The lowest BCUT2D eigenvalue weighted by atomic mass is 10.1. The number of rotatable bonds is 6. The Morgan fingerprint density at radius 1 is 1.29 bits per heavy atom. The highest BCUT2D eigenvalue weighted by molar-refractivity contribution is 5.82. The van der Waals surface area contributed by atoms with E-state index in [0.717, 1.165) is 22.4 Å². The number of nitrogens with one attached hydrogen (secondary N) is 1. The van der Waals surface area contributed by atoms with E-state index >= 15 is 0 Å². The summed E-state index contributed by atoms with van der Waals surface area (Å²) in [5.41, 5.74) is 8.36. The van der Waals surface area contributed by atoms with Crippen LogP contribution in [0.4, 0.5) is 0 Å². The van der Waals surface area contributed by atoms with Crippen LogP contribution in [-0.2, 0) is 11.3 Å². The lowest BCUT2D eigenvalue weighted by Gasteiger charge is -2.16. The minimum Gasteiger partial charge on any atom is -0.438 e. The minimum atomic E-state index is -0.968. The fourth-order valence-corrected chi connectivity index (χ4v) is 2.23. The Morgan fingerprint density at radius 3 is 2.58 bits per heavy atom. The molecule has 1 amide bonds. The Balaban J connectivity index is 2.15. The first-order valence-corrected chi connectivity index (χ1v) is 7.79. The van der Waals surface area contributed by atoms with E-state index in [1.807, 2.05) is 38.1 Å². The molecule has 0 fully saturated rings. The number of aliphatic hydroxyl groups excluding tert-OH is 1. The van der Waals surface area contributed by atoms with Gasteiger partial charge >= 0.3 is 0 Å². The molecule has 24 heavy (non-hydrogen) atoms. The second-order valence-corrected chi connectivity index (χ2v) is 5.77. The van der Waals surface area contributed by atoms with Gasteiger partial charge < -0.3 is 20.9 Å². The summed E-state index contributed by atoms with van der Waals surface area (Å²) in [6.07, 6.45) is 0.722. The topological polar surface area (TPSA) is 97.5 Å². The summed E-state index contributed by atoms with van der Waals surface area (Å²) < 4.78 is 5.97. The van der Waals surface area contributed by atoms with Crippen LogP contribution in [0.1, 0.15) is 23.6 Å². The van der Waals surface area contributed by atoms with Crippen molar-refractivity contribution in [1.29, 1.82) is 0 Å². The fraction of sp³-hybridized carbons (Fsp3) is 0.333. The van der Waals surface area contributed by atoms with Gasteiger partial charge in [-0.15, -0.1) is 0 Å². The zero-order chi connectivity index (χ0) is 17.7. The van der Waals surface area contributed by atoms with Gasteiger partial charge in [0.15, 0.2) is 0 Å². The summed E-state index contributed by atoms with van der Waals surface area (Å²) in [7, 11) is 0. The van der Waals surface area contributed by atoms with Crippen molar-refractivity contribution in [3.05, 3.63) is 53.2 Å². The Bertz CT molecular complexity index is 696. The van der Waals surface area contributed by atoms with Gasteiger partial charge in [0, 0.05) is 18.3 Å². The molecule has 2 rings (SSSR count). The maximum Gasteiger partial charge on any atom is 0.239 e. The lowest BCUT2D eigenvalue weighted by molar-refractivity contribution is -0.124. The number of ether oxygens (including phenoxy) is 1. The maximum absolute atomic E-state index is 11.9. The number of aliphatic hydroxyl groups is 1. The Labute approximate surface area is 141 Å². The Kier molecular flexibility index (Phi) is 5.89. The molecule has 128 valence electrons. The molecule has 1 aromatic heterocycles.